The van der Waals surface area contributed by atoms with E-state index in [2.05, 4.69) is 10.6 Å². The summed E-state index contributed by atoms with van der Waals surface area (Å²) >= 11 is 0. The highest BCUT2D eigenvalue weighted by atomic mass is 16.5. The SMILES string of the molecule is CCOc1ccc(CCNC(=O)C(=O)Nc2ccccc2C(C)C)cc1OCC. The number of carbonyl (C=O) groups is 2. The van der Waals surface area contributed by atoms with Crippen LogP contribution in [0.25, 0.3) is 0 Å². The third kappa shape index (κ3) is 6.52. The van der Waals surface area contributed by atoms with E-state index >= 15 is 0 Å². The predicted octanol–water partition coefficient (Wildman–Crippen LogP) is 3.90. The fourth-order valence-corrected chi connectivity index (χ4v) is 2.95. The van der Waals surface area contributed by atoms with Gasteiger partial charge in [0, 0.05) is 12.2 Å². The first-order chi connectivity index (χ1) is 14.0. The molecule has 0 aromatic heterocycles. The van der Waals surface area contributed by atoms with Crippen molar-refractivity contribution in [2.45, 2.75) is 40.0 Å². The fourth-order valence-electron chi connectivity index (χ4n) is 2.95. The van der Waals surface area contributed by atoms with Crippen molar-refractivity contribution in [3.63, 3.8) is 0 Å². The lowest BCUT2D eigenvalue weighted by atomic mass is 10.0. The van der Waals surface area contributed by atoms with Gasteiger partial charge in [0.15, 0.2) is 11.5 Å². The lowest BCUT2D eigenvalue weighted by Gasteiger charge is -2.14. The summed E-state index contributed by atoms with van der Waals surface area (Å²) in [5, 5.41) is 5.37. The van der Waals surface area contributed by atoms with E-state index in [1.807, 2.05) is 64.1 Å². The topological polar surface area (TPSA) is 76.7 Å². The summed E-state index contributed by atoms with van der Waals surface area (Å²) in [6.07, 6.45) is 0.577. The van der Waals surface area contributed by atoms with Gasteiger partial charge >= 0.3 is 11.8 Å². The van der Waals surface area contributed by atoms with Gasteiger partial charge in [-0.15, -0.1) is 0 Å². The Morgan fingerprint density at radius 2 is 1.62 bits per heavy atom. The molecule has 6 heteroatoms. The van der Waals surface area contributed by atoms with Crippen LogP contribution in [0.3, 0.4) is 0 Å². The van der Waals surface area contributed by atoms with Crippen molar-refractivity contribution in [2.75, 3.05) is 25.1 Å². The molecule has 0 aliphatic rings. The summed E-state index contributed by atoms with van der Waals surface area (Å²) < 4.78 is 11.2. The average molecular weight is 399 g/mol. The first kappa shape index (κ1) is 22.3. The number of hydrogen-bond donors (Lipinski definition) is 2. The zero-order valence-electron chi connectivity index (χ0n) is 17.6. The minimum Gasteiger partial charge on any atom is -0.490 e. The van der Waals surface area contributed by atoms with Gasteiger partial charge in [0.05, 0.1) is 13.2 Å². The number of rotatable bonds is 9. The fraction of sp³-hybridized carbons (Fsp3) is 0.391. The molecule has 156 valence electrons. The number of hydrogen-bond acceptors (Lipinski definition) is 4. The van der Waals surface area contributed by atoms with E-state index in [9.17, 15) is 9.59 Å². The van der Waals surface area contributed by atoms with Gasteiger partial charge in [0.2, 0.25) is 0 Å². The molecule has 2 aromatic carbocycles. The Bertz CT molecular complexity index is 833. The van der Waals surface area contributed by atoms with Crippen molar-refractivity contribution in [3.05, 3.63) is 53.6 Å². The van der Waals surface area contributed by atoms with Crippen molar-refractivity contribution in [1.29, 1.82) is 0 Å². The Morgan fingerprint density at radius 3 is 2.31 bits per heavy atom. The first-order valence-electron chi connectivity index (χ1n) is 10.0. The quantitative estimate of drug-likeness (QED) is 0.628. The third-order valence-electron chi connectivity index (χ3n) is 4.34. The van der Waals surface area contributed by atoms with Gasteiger partial charge in [-0.1, -0.05) is 38.1 Å². The molecule has 2 aromatic rings. The van der Waals surface area contributed by atoms with Gasteiger partial charge in [0.1, 0.15) is 0 Å². The number of anilines is 1. The highest BCUT2D eigenvalue weighted by molar-refractivity contribution is 6.39. The molecule has 0 saturated carbocycles. The van der Waals surface area contributed by atoms with Gasteiger partial charge < -0.3 is 20.1 Å². The van der Waals surface area contributed by atoms with Crippen LogP contribution in [0.4, 0.5) is 5.69 Å². The Labute approximate surface area is 172 Å². The van der Waals surface area contributed by atoms with Crippen molar-refractivity contribution < 1.29 is 19.1 Å². The number of benzene rings is 2. The van der Waals surface area contributed by atoms with Crippen molar-refractivity contribution >= 4 is 17.5 Å². The number of para-hydroxylation sites is 1. The summed E-state index contributed by atoms with van der Waals surface area (Å²) in [6.45, 7) is 9.36. The second-order valence-electron chi connectivity index (χ2n) is 6.85. The average Bonchev–Trinajstić information content (AvgIpc) is 2.70. The maximum Gasteiger partial charge on any atom is 0.313 e. The Morgan fingerprint density at radius 1 is 0.931 bits per heavy atom. The molecule has 0 atom stereocenters. The second-order valence-corrected chi connectivity index (χ2v) is 6.85. The van der Waals surface area contributed by atoms with E-state index in [0.717, 1.165) is 11.1 Å². The van der Waals surface area contributed by atoms with E-state index in [4.69, 9.17) is 9.47 Å². The predicted molar refractivity (Wildman–Crippen MR) is 115 cm³/mol. The Kier molecular flexibility index (Phi) is 8.52. The Balaban J connectivity index is 1.91. The van der Waals surface area contributed by atoms with Crippen LogP contribution in [0.2, 0.25) is 0 Å². The summed E-state index contributed by atoms with van der Waals surface area (Å²) in [7, 11) is 0. The number of carbonyl (C=O) groups excluding carboxylic acids is 2. The molecule has 0 unspecified atom stereocenters. The molecule has 2 N–H and O–H groups in total. The van der Waals surface area contributed by atoms with E-state index in [1.165, 1.54) is 0 Å². The lowest BCUT2D eigenvalue weighted by molar-refractivity contribution is -0.136. The van der Waals surface area contributed by atoms with Gasteiger partial charge in [-0.2, -0.15) is 0 Å². The highest BCUT2D eigenvalue weighted by Crippen LogP contribution is 2.28. The summed E-state index contributed by atoms with van der Waals surface area (Å²) in [4.78, 5) is 24.4. The Hall–Kier alpha value is -3.02. The first-order valence-corrected chi connectivity index (χ1v) is 10.0. The van der Waals surface area contributed by atoms with Gasteiger partial charge in [0.25, 0.3) is 0 Å². The van der Waals surface area contributed by atoms with E-state index in [1.54, 1.807) is 6.07 Å². The van der Waals surface area contributed by atoms with Crippen LogP contribution in [-0.4, -0.2) is 31.6 Å². The molecular weight excluding hydrogens is 368 g/mol. The molecule has 0 saturated heterocycles. The molecule has 0 bridgehead atoms. The lowest BCUT2D eigenvalue weighted by Crippen LogP contribution is -2.36. The van der Waals surface area contributed by atoms with Crippen LogP contribution in [0, 0.1) is 0 Å². The van der Waals surface area contributed by atoms with E-state index in [-0.39, 0.29) is 5.92 Å². The van der Waals surface area contributed by atoms with Crippen LogP contribution in [0.1, 0.15) is 44.7 Å². The molecule has 0 radical (unpaired) electrons. The molecule has 2 amide bonds. The number of amides is 2. The maximum absolute atomic E-state index is 12.2. The number of ether oxygens (including phenoxy) is 2. The molecule has 0 heterocycles. The van der Waals surface area contributed by atoms with Crippen LogP contribution in [-0.2, 0) is 16.0 Å². The smallest absolute Gasteiger partial charge is 0.313 e. The molecule has 0 spiro atoms. The van der Waals surface area contributed by atoms with E-state index in [0.29, 0.717) is 43.4 Å². The summed E-state index contributed by atoms with van der Waals surface area (Å²) in [5.41, 5.74) is 2.64. The van der Waals surface area contributed by atoms with Crippen molar-refractivity contribution in [2.24, 2.45) is 0 Å². The normalized spacial score (nSPS) is 10.5. The monoisotopic (exact) mass is 398 g/mol. The summed E-state index contributed by atoms with van der Waals surface area (Å²) in [6, 6.07) is 13.2. The largest absolute Gasteiger partial charge is 0.490 e. The van der Waals surface area contributed by atoms with Crippen LogP contribution < -0.4 is 20.1 Å². The highest BCUT2D eigenvalue weighted by Gasteiger charge is 2.16. The number of nitrogens with one attached hydrogen (secondary N) is 2. The van der Waals surface area contributed by atoms with Crippen molar-refractivity contribution in [1.82, 2.24) is 5.32 Å². The van der Waals surface area contributed by atoms with Gasteiger partial charge in [-0.05, 0) is 55.5 Å². The summed E-state index contributed by atoms with van der Waals surface area (Å²) in [5.74, 6) is 0.305. The molecule has 29 heavy (non-hydrogen) atoms. The minimum atomic E-state index is -0.667. The zero-order chi connectivity index (χ0) is 21.2. The molecule has 0 aliphatic carbocycles. The third-order valence-corrected chi connectivity index (χ3v) is 4.34. The van der Waals surface area contributed by atoms with E-state index < -0.39 is 11.8 Å². The second kappa shape index (κ2) is 11.1. The zero-order valence-corrected chi connectivity index (χ0v) is 17.6. The van der Waals surface area contributed by atoms with Gasteiger partial charge in [-0.3, -0.25) is 9.59 Å². The molecule has 0 aliphatic heterocycles. The van der Waals surface area contributed by atoms with Crippen LogP contribution in [0.5, 0.6) is 11.5 Å². The standard InChI is InChI=1S/C23H30N2O4/c1-5-28-20-12-11-17(15-21(20)29-6-2)13-14-24-22(26)23(27)25-19-10-8-7-9-18(19)16(3)4/h7-12,15-16H,5-6,13-14H2,1-4H3,(H,24,26)(H,25,27). The molecule has 0 fully saturated rings. The minimum absolute atomic E-state index is 0.244. The van der Waals surface area contributed by atoms with Crippen LogP contribution in [0.15, 0.2) is 42.5 Å². The van der Waals surface area contributed by atoms with Gasteiger partial charge in [-0.25, -0.2) is 0 Å². The van der Waals surface area contributed by atoms with Crippen LogP contribution >= 0.6 is 0 Å². The maximum atomic E-state index is 12.2. The van der Waals surface area contributed by atoms with Crippen molar-refractivity contribution in [3.8, 4) is 11.5 Å². The molecular formula is C23H30N2O4. The molecule has 2 rings (SSSR count). The molecule has 6 nitrogen and oxygen atoms in total.